The van der Waals surface area contributed by atoms with Crippen LogP contribution < -0.4 is 5.32 Å². The van der Waals surface area contributed by atoms with Gasteiger partial charge in [-0.1, -0.05) is 18.2 Å². The molecule has 0 radical (unpaired) electrons. The predicted octanol–water partition coefficient (Wildman–Crippen LogP) is 4.37. The van der Waals surface area contributed by atoms with Gasteiger partial charge >= 0.3 is 0 Å². The fourth-order valence-corrected chi connectivity index (χ4v) is 5.26. The number of carbonyl (C=O) groups excluding carboxylic acids is 2. The van der Waals surface area contributed by atoms with Crippen LogP contribution in [-0.2, 0) is 4.79 Å². The van der Waals surface area contributed by atoms with Gasteiger partial charge in [-0.15, -0.1) is 22.7 Å². The molecule has 4 nitrogen and oxygen atoms in total. The molecule has 4 rings (SSSR count). The van der Waals surface area contributed by atoms with Crippen LogP contribution in [0, 0.1) is 0 Å². The number of amides is 2. The van der Waals surface area contributed by atoms with E-state index in [2.05, 4.69) is 22.8 Å². The second kappa shape index (κ2) is 7.60. The Hall–Kier alpha value is -2.18. The number of hydrogen-bond donors (Lipinski definition) is 1. The van der Waals surface area contributed by atoms with Gasteiger partial charge < -0.3 is 10.2 Å². The van der Waals surface area contributed by atoms with Gasteiger partial charge in [0.2, 0.25) is 5.91 Å². The van der Waals surface area contributed by atoms with Crippen LogP contribution in [0.5, 0.6) is 0 Å². The topological polar surface area (TPSA) is 49.4 Å². The molecular weight excluding hydrogens is 364 g/mol. The zero-order valence-corrected chi connectivity index (χ0v) is 16.0. The van der Waals surface area contributed by atoms with E-state index in [9.17, 15) is 9.59 Å². The molecule has 0 spiro atoms. The first-order valence-electron chi connectivity index (χ1n) is 8.85. The third kappa shape index (κ3) is 3.52. The fraction of sp³-hybridized carbons (Fsp3) is 0.300. The molecule has 1 saturated heterocycles. The summed E-state index contributed by atoms with van der Waals surface area (Å²) < 4.78 is 1.26. The van der Waals surface area contributed by atoms with Crippen molar-refractivity contribution in [2.24, 2.45) is 0 Å². The van der Waals surface area contributed by atoms with Crippen LogP contribution in [0.25, 0.3) is 20.5 Å². The third-order valence-corrected chi connectivity index (χ3v) is 6.72. The second-order valence-corrected chi connectivity index (χ2v) is 8.40. The Balaban J connectivity index is 1.35. The maximum Gasteiger partial charge on any atom is 0.261 e. The maximum atomic E-state index is 12.4. The Bertz CT molecular complexity index is 944. The van der Waals surface area contributed by atoms with E-state index < -0.39 is 0 Å². The largest absolute Gasteiger partial charge is 0.351 e. The lowest BCUT2D eigenvalue weighted by atomic mass is 10.1. The molecule has 6 heteroatoms. The van der Waals surface area contributed by atoms with Crippen molar-refractivity contribution >= 4 is 44.6 Å². The molecule has 1 N–H and O–H groups in total. The molecule has 2 aromatic heterocycles. The average molecular weight is 385 g/mol. The Morgan fingerprint density at radius 1 is 1.19 bits per heavy atom. The first-order valence-corrected chi connectivity index (χ1v) is 10.5. The Kier molecular flexibility index (Phi) is 5.04. The van der Waals surface area contributed by atoms with Gasteiger partial charge in [0.1, 0.15) is 0 Å². The summed E-state index contributed by atoms with van der Waals surface area (Å²) in [6.07, 6.45) is 2.42. The monoisotopic (exact) mass is 384 g/mol. The number of carbonyl (C=O) groups is 2. The SMILES string of the molecule is O=C(NCCCN1CCCC1=O)c1ccc(-c2csc3ccccc23)s1. The van der Waals surface area contributed by atoms with Crippen molar-refractivity contribution in [1.82, 2.24) is 10.2 Å². The zero-order valence-electron chi connectivity index (χ0n) is 14.4. The standard InChI is InChI=1S/C20H20N2O2S2/c23-19-7-3-11-22(19)12-4-10-21-20(24)18-9-8-17(26-18)15-13-25-16-6-2-1-5-14(15)16/h1-2,5-6,8-9,13H,3-4,7,10-12H2,(H,21,24). The highest BCUT2D eigenvalue weighted by molar-refractivity contribution is 7.20. The van der Waals surface area contributed by atoms with E-state index in [-0.39, 0.29) is 11.8 Å². The van der Waals surface area contributed by atoms with Gasteiger partial charge in [0, 0.05) is 52.0 Å². The van der Waals surface area contributed by atoms with E-state index in [4.69, 9.17) is 0 Å². The summed E-state index contributed by atoms with van der Waals surface area (Å²) in [5.74, 6) is 0.204. The van der Waals surface area contributed by atoms with Crippen molar-refractivity contribution < 1.29 is 9.59 Å². The van der Waals surface area contributed by atoms with Crippen LogP contribution in [-0.4, -0.2) is 36.3 Å². The molecule has 1 aliphatic rings. The molecule has 3 heterocycles. The van der Waals surface area contributed by atoms with Crippen molar-refractivity contribution in [2.75, 3.05) is 19.6 Å². The summed E-state index contributed by atoms with van der Waals surface area (Å²) >= 11 is 3.26. The number of nitrogens with zero attached hydrogens (tertiary/aromatic N) is 1. The summed E-state index contributed by atoms with van der Waals surface area (Å²) in [5, 5.41) is 6.37. The van der Waals surface area contributed by atoms with Crippen LogP contribution in [0.15, 0.2) is 41.8 Å². The van der Waals surface area contributed by atoms with Gasteiger partial charge in [0.15, 0.2) is 0 Å². The molecule has 0 unspecified atom stereocenters. The number of nitrogens with one attached hydrogen (secondary N) is 1. The number of fused-ring (bicyclic) bond motifs is 1. The van der Waals surface area contributed by atoms with E-state index in [0.717, 1.165) is 35.7 Å². The van der Waals surface area contributed by atoms with Crippen LogP contribution in [0.4, 0.5) is 0 Å². The summed E-state index contributed by atoms with van der Waals surface area (Å²) in [6, 6.07) is 12.3. The highest BCUT2D eigenvalue weighted by Gasteiger charge is 2.19. The van der Waals surface area contributed by atoms with Crippen molar-refractivity contribution in [3.63, 3.8) is 0 Å². The van der Waals surface area contributed by atoms with Gasteiger partial charge in [-0.25, -0.2) is 0 Å². The van der Waals surface area contributed by atoms with Crippen molar-refractivity contribution in [3.05, 3.63) is 46.7 Å². The Morgan fingerprint density at radius 3 is 2.92 bits per heavy atom. The van der Waals surface area contributed by atoms with E-state index in [1.54, 1.807) is 11.3 Å². The molecule has 2 amide bonds. The first-order chi connectivity index (χ1) is 12.7. The molecule has 0 atom stereocenters. The molecule has 3 aromatic rings. The lowest BCUT2D eigenvalue weighted by Gasteiger charge is -2.15. The molecule has 134 valence electrons. The minimum atomic E-state index is -0.0338. The first kappa shape index (κ1) is 17.2. The summed E-state index contributed by atoms with van der Waals surface area (Å²) in [4.78, 5) is 27.7. The summed E-state index contributed by atoms with van der Waals surface area (Å²) in [6.45, 7) is 2.18. The van der Waals surface area contributed by atoms with E-state index in [1.807, 2.05) is 29.2 Å². The Labute approximate surface area is 160 Å². The third-order valence-electron chi connectivity index (χ3n) is 4.64. The molecule has 0 bridgehead atoms. The van der Waals surface area contributed by atoms with Crippen LogP contribution >= 0.6 is 22.7 Å². The fourth-order valence-electron chi connectivity index (χ4n) is 3.27. The van der Waals surface area contributed by atoms with Gasteiger partial charge in [-0.2, -0.15) is 0 Å². The molecule has 1 fully saturated rings. The molecule has 0 saturated carbocycles. The molecule has 26 heavy (non-hydrogen) atoms. The zero-order chi connectivity index (χ0) is 17.9. The van der Waals surface area contributed by atoms with Gasteiger partial charge in [0.25, 0.3) is 5.91 Å². The van der Waals surface area contributed by atoms with Gasteiger partial charge in [0.05, 0.1) is 4.88 Å². The number of benzene rings is 1. The summed E-state index contributed by atoms with van der Waals surface area (Å²) in [5.41, 5.74) is 1.20. The highest BCUT2D eigenvalue weighted by atomic mass is 32.1. The van der Waals surface area contributed by atoms with Crippen LogP contribution in [0.1, 0.15) is 28.9 Å². The number of thiophene rings is 2. The molecule has 0 aliphatic carbocycles. The lowest BCUT2D eigenvalue weighted by molar-refractivity contribution is -0.127. The van der Waals surface area contributed by atoms with Crippen molar-refractivity contribution in [2.45, 2.75) is 19.3 Å². The van der Waals surface area contributed by atoms with Crippen molar-refractivity contribution in [1.29, 1.82) is 0 Å². The lowest BCUT2D eigenvalue weighted by Crippen LogP contribution is -2.30. The predicted molar refractivity (Wildman–Crippen MR) is 108 cm³/mol. The number of rotatable bonds is 6. The number of hydrogen-bond acceptors (Lipinski definition) is 4. The van der Waals surface area contributed by atoms with Crippen LogP contribution in [0.3, 0.4) is 0 Å². The Morgan fingerprint density at radius 2 is 2.08 bits per heavy atom. The normalized spacial score (nSPS) is 14.3. The van der Waals surface area contributed by atoms with Gasteiger partial charge in [-0.3, -0.25) is 9.59 Å². The smallest absolute Gasteiger partial charge is 0.261 e. The molecular formula is C20H20N2O2S2. The number of likely N-dealkylation sites (tertiary alicyclic amines) is 1. The highest BCUT2D eigenvalue weighted by Crippen LogP contribution is 2.37. The van der Waals surface area contributed by atoms with E-state index >= 15 is 0 Å². The van der Waals surface area contributed by atoms with Gasteiger partial charge in [-0.05, 0) is 31.0 Å². The molecule has 1 aromatic carbocycles. The van der Waals surface area contributed by atoms with E-state index in [1.165, 1.54) is 27.0 Å². The van der Waals surface area contributed by atoms with Crippen molar-refractivity contribution in [3.8, 4) is 10.4 Å². The van der Waals surface area contributed by atoms with E-state index in [0.29, 0.717) is 13.0 Å². The minimum absolute atomic E-state index is 0.0338. The quantitative estimate of drug-likeness (QED) is 0.642. The minimum Gasteiger partial charge on any atom is -0.351 e. The summed E-state index contributed by atoms with van der Waals surface area (Å²) in [7, 11) is 0. The second-order valence-electron chi connectivity index (χ2n) is 6.40. The average Bonchev–Trinajstić information content (AvgIpc) is 3.38. The van der Waals surface area contributed by atoms with Crippen LogP contribution in [0.2, 0.25) is 0 Å². The molecule has 1 aliphatic heterocycles. The maximum absolute atomic E-state index is 12.4.